The summed E-state index contributed by atoms with van der Waals surface area (Å²) in [5.74, 6) is 1.48. The summed E-state index contributed by atoms with van der Waals surface area (Å²) in [5.41, 5.74) is 4.27. The smallest absolute Gasteiger partial charge is 0.131 e. The van der Waals surface area contributed by atoms with Crippen LogP contribution in [0, 0.1) is 0 Å². The maximum absolute atomic E-state index is 5.48. The van der Waals surface area contributed by atoms with E-state index in [0.29, 0.717) is 0 Å². The number of ether oxygens (including phenoxy) is 2. The predicted octanol–water partition coefficient (Wildman–Crippen LogP) is 5.97. The molecule has 28 heavy (non-hydrogen) atoms. The van der Waals surface area contributed by atoms with Gasteiger partial charge in [-0.05, 0) is 41.2 Å². The Hall–Kier alpha value is -3.07. The fraction of sp³-hybridized carbons (Fsp3) is 0.240. The third-order valence-corrected chi connectivity index (χ3v) is 4.92. The fourth-order valence-corrected chi connectivity index (χ4v) is 3.50. The number of rotatable bonds is 7. The largest absolute Gasteiger partial charge is 0.496 e. The molecular weight excluding hydrogens is 346 g/mol. The Bertz CT molecular complexity index is 924. The molecule has 0 fully saturated rings. The van der Waals surface area contributed by atoms with Crippen LogP contribution in [0.25, 0.3) is 0 Å². The van der Waals surface area contributed by atoms with Crippen molar-refractivity contribution in [1.82, 2.24) is 0 Å². The zero-order valence-corrected chi connectivity index (χ0v) is 17.0. The predicted molar refractivity (Wildman–Crippen MR) is 116 cm³/mol. The van der Waals surface area contributed by atoms with E-state index in [9.17, 15) is 0 Å². The number of aliphatic imine (C=N–C) groups is 1. The van der Waals surface area contributed by atoms with Crippen molar-refractivity contribution in [2.24, 2.45) is 4.99 Å². The van der Waals surface area contributed by atoms with Gasteiger partial charge in [-0.1, -0.05) is 68.4 Å². The molecule has 0 aliphatic heterocycles. The number of methoxy groups -OCH3 is 2. The van der Waals surface area contributed by atoms with Crippen LogP contribution in [0.4, 0.5) is 5.69 Å². The van der Waals surface area contributed by atoms with Gasteiger partial charge in [0.25, 0.3) is 0 Å². The van der Waals surface area contributed by atoms with Crippen molar-refractivity contribution in [3.63, 3.8) is 0 Å². The summed E-state index contributed by atoms with van der Waals surface area (Å²) in [5, 5.41) is 0. The van der Waals surface area contributed by atoms with Crippen molar-refractivity contribution in [2.75, 3.05) is 14.2 Å². The normalized spacial score (nSPS) is 11.6. The van der Waals surface area contributed by atoms with Gasteiger partial charge in [0.2, 0.25) is 0 Å². The second-order valence-electron chi connectivity index (χ2n) is 7.40. The molecule has 0 atom stereocenters. The van der Waals surface area contributed by atoms with E-state index in [0.717, 1.165) is 29.2 Å². The van der Waals surface area contributed by atoms with E-state index in [1.807, 2.05) is 30.5 Å². The second-order valence-corrected chi connectivity index (χ2v) is 7.40. The molecule has 3 aromatic carbocycles. The highest BCUT2D eigenvalue weighted by Gasteiger charge is 2.24. The summed E-state index contributed by atoms with van der Waals surface area (Å²) in [6, 6.07) is 24.6. The Kier molecular flexibility index (Phi) is 6.15. The minimum Gasteiger partial charge on any atom is -0.496 e. The monoisotopic (exact) mass is 373 g/mol. The Labute approximate surface area is 167 Å². The number of hydrogen-bond donors (Lipinski definition) is 0. The van der Waals surface area contributed by atoms with Gasteiger partial charge in [-0.15, -0.1) is 0 Å². The maximum atomic E-state index is 5.48. The van der Waals surface area contributed by atoms with Crippen molar-refractivity contribution in [3.05, 3.63) is 89.5 Å². The van der Waals surface area contributed by atoms with Gasteiger partial charge in [0.05, 0.1) is 25.5 Å². The van der Waals surface area contributed by atoms with Crippen LogP contribution in [0.2, 0.25) is 0 Å². The molecule has 0 aliphatic carbocycles. The molecule has 0 unspecified atom stereocenters. The van der Waals surface area contributed by atoms with E-state index in [-0.39, 0.29) is 5.41 Å². The van der Waals surface area contributed by atoms with Crippen LogP contribution in [-0.2, 0) is 11.8 Å². The van der Waals surface area contributed by atoms with Crippen LogP contribution in [0.15, 0.2) is 77.8 Å². The molecule has 0 aromatic heterocycles. The molecule has 0 saturated carbocycles. The third kappa shape index (κ3) is 4.42. The van der Waals surface area contributed by atoms with Gasteiger partial charge in [-0.2, -0.15) is 0 Å². The van der Waals surface area contributed by atoms with E-state index >= 15 is 0 Å². The van der Waals surface area contributed by atoms with Crippen molar-refractivity contribution < 1.29 is 9.47 Å². The zero-order valence-electron chi connectivity index (χ0n) is 17.0. The van der Waals surface area contributed by atoms with Crippen LogP contribution in [0.1, 0.15) is 30.5 Å². The Balaban J connectivity index is 1.96. The zero-order chi connectivity index (χ0) is 20.0. The van der Waals surface area contributed by atoms with E-state index < -0.39 is 0 Å². The van der Waals surface area contributed by atoms with Crippen molar-refractivity contribution in [2.45, 2.75) is 25.7 Å². The molecule has 0 saturated heterocycles. The summed E-state index contributed by atoms with van der Waals surface area (Å²) in [4.78, 5) is 4.82. The second kappa shape index (κ2) is 8.75. The molecule has 3 heteroatoms. The lowest BCUT2D eigenvalue weighted by molar-refractivity contribution is 0.393. The van der Waals surface area contributed by atoms with Gasteiger partial charge >= 0.3 is 0 Å². The van der Waals surface area contributed by atoms with Gasteiger partial charge in [0.1, 0.15) is 11.5 Å². The minimum absolute atomic E-state index is 0.0554. The summed E-state index contributed by atoms with van der Waals surface area (Å²) in [7, 11) is 3.31. The molecule has 0 aliphatic rings. The first-order valence-corrected chi connectivity index (χ1v) is 9.43. The van der Waals surface area contributed by atoms with E-state index in [1.165, 1.54) is 11.1 Å². The molecule has 0 amide bonds. The summed E-state index contributed by atoms with van der Waals surface area (Å²) in [6.07, 6.45) is 2.77. The highest BCUT2D eigenvalue weighted by atomic mass is 16.5. The third-order valence-electron chi connectivity index (χ3n) is 4.92. The van der Waals surface area contributed by atoms with Gasteiger partial charge in [0.15, 0.2) is 0 Å². The Morgan fingerprint density at radius 3 is 2.04 bits per heavy atom. The van der Waals surface area contributed by atoms with Crippen LogP contribution in [0.3, 0.4) is 0 Å². The number of benzene rings is 3. The first-order chi connectivity index (χ1) is 13.5. The maximum Gasteiger partial charge on any atom is 0.131 e. The standard InChI is InChI=1S/C25H27NO2/c1-25(2,17-19-11-6-5-7-12-19)21-13-8-9-14-22(21)26-18-20-23(27-3)15-10-16-24(20)28-4/h5-16,18H,17H2,1-4H3. The first kappa shape index (κ1) is 19.7. The lowest BCUT2D eigenvalue weighted by atomic mass is 9.78. The summed E-state index contributed by atoms with van der Waals surface area (Å²) < 4.78 is 11.0. The molecule has 3 aromatic rings. The van der Waals surface area contributed by atoms with E-state index in [4.69, 9.17) is 14.5 Å². The molecule has 3 nitrogen and oxygen atoms in total. The lowest BCUT2D eigenvalue weighted by Gasteiger charge is -2.27. The quantitative estimate of drug-likeness (QED) is 0.477. The molecule has 144 valence electrons. The molecule has 0 radical (unpaired) electrons. The topological polar surface area (TPSA) is 30.8 Å². The van der Waals surface area contributed by atoms with Crippen LogP contribution >= 0.6 is 0 Å². The lowest BCUT2D eigenvalue weighted by Crippen LogP contribution is -2.20. The molecule has 0 heterocycles. The number of hydrogen-bond acceptors (Lipinski definition) is 3. The number of para-hydroxylation sites is 1. The van der Waals surface area contributed by atoms with E-state index in [1.54, 1.807) is 14.2 Å². The highest BCUT2D eigenvalue weighted by molar-refractivity contribution is 5.89. The van der Waals surface area contributed by atoms with Gasteiger partial charge in [0, 0.05) is 6.21 Å². The molecule has 3 rings (SSSR count). The van der Waals surface area contributed by atoms with Crippen molar-refractivity contribution in [1.29, 1.82) is 0 Å². The van der Waals surface area contributed by atoms with Gasteiger partial charge in [-0.3, -0.25) is 4.99 Å². The first-order valence-electron chi connectivity index (χ1n) is 9.43. The Morgan fingerprint density at radius 2 is 1.39 bits per heavy atom. The summed E-state index contributed by atoms with van der Waals surface area (Å²) in [6.45, 7) is 4.52. The minimum atomic E-state index is -0.0554. The molecule has 0 bridgehead atoms. The molecule has 0 spiro atoms. The molecule has 0 N–H and O–H groups in total. The van der Waals surface area contributed by atoms with Gasteiger partial charge < -0.3 is 9.47 Å². The van der Waals surface area contributed by atoms with Crippen LogP contribution < -0.4 is 9.47 Å². The fourth-order valence-electron chi connectivity index (χ4n) is 3.50. The molecular formula is C25H27NO2. The van der Waals surface area contributed by atoms with Crippen LogP contribution in [-0.4, -0.2) is 20.4 Å². The highest BCUT2D eigenvalue weighted by Crippen LogP contribution is 2.35. The average molecular weight is 373 g/mol. The van der Waals surface area contributed by atoms with Crippen molar-refractivity contribution in [3.8, 4) is 11.5 Å². The van der Waals surface area contributed by atoms with Crippen molar-refractivity contribution >= 4 is 11.9 Å². The van der Waals surface area contributed by atoms with E-state index in [2.05, 4.69) is 62.4 Å². The van der Waals surface area contributed by atoms with Crippen LogP contribution in [0.5, 0.6) is 11.5 Å². The Morgan fingerprint density at radius 1 is 0.786 bits per heavy atom. The average Bonchev–Trinajstić information content (AvgIpc) is 2.72. The summed E-state index contributed by atoms with van der Waals surface area (Å²) >= 11 is 0. The van der Waals surface area contributed by atoms with Gasteiger partial charge in [-0.25, -0.2) is 0 Å². The number of nitrogens with zero attached hydrogens (tertiary/aromatic N) is 1. The SMILES string of the molecule is COc1cccc(OC)c1C=Nc1ccccc1C(C)(C)Cc1ccccc1.